The van der Waals surface area contributed by atoms with Crippen LogP contribution in [0.2, 0.25) is 0 Å². The highest BCUT2D eigenvalue weighted by molar-refractivity contribution is 5.93. The van der Waals surface area contributed by atoms with Gasteiger partial charge in [-0.15, -0.1) is 0 Å². The number of hydrogen-bond donors (Lipinski definition) is 2. The predicted molar refractivity (Wildman–Crippen MR) is 171 cm³/mol. The quantitative estimate of drug-likeness (QED) is 0.197. The molecule has 2 N–H and O–H groups in total. The fourth-order valence-corrected chi connectivity index (χ4v) is 5.18. The third-order valence-corrected chi connectivity index (χ3v) is 7.64. The van der Waals surface area contributed by atoms with Gasteiger partial charge in [0, 0.05) is 38.3 Å². The van der Waals surface area contributed by atoms with Crippen LogP contribution in [0.3, 0.4) is 0 Å². The number of aliphatic imine (C=N–C) groups is 1. The molecule has 1 amide bonds. The summed E-state index contributed by atoms with van der Waals surface area (Å²) >= 11 is 0. The number of aryl methyl sites for hydroxylation is 1. The second kappa shape index (κ2) is 16.6. The van der Waals surface area contributed by atoms with Crippen LogP contribution in [0.25, 0.3) is 0 Å². The summed E-state index contributed by atoms with van der Waals surface area (Å²) in [5.74, 6) is 1.05. The van der Waals surface area contributed by atoms with Crippen molar-refractivity contribution in [2.45, 2.75) is 64.0 Å². The molecule has 4 rings (SSSR count). The van der Waals surface area contributed by atoms with Crippen molar-refractivity contribution < 1.29 is 4.79 Å². The lowest BCUT2D eigenvalue weighted by Gasteiger charge is -2.30. The maximum Gasteiger partial charge on any atom is 0.220 e. The van der Waals surface area contributed by atoms with Crippen LogP contribution in [0.4, 0.5) is 5.69 Å². The Kier molecular flexibility index (Phi) is 12.3. The van der Waals surface area contributed by atoms with Crippen molar-refractivity contribution in [3.63, 3.8) is 0 Å². The summed E-state index contributed by atoms with van der Waals surface area (Å²) in [6.45, 7) is 3.31. The van der Waals surface area contributed by atoms with E-state index in [4.69, 9.17) is 4.99 Å². The molecule has 0 aliphatic heterocycles. The SMILES string of the molecule is CN(C)CCN(Cc1ccccc1)C(=NC1CCCCC1)Nc1ccc(CCC(=O)NCCc2ccccc2)cc1. The molecule has 218 valence electrons. The second-order valence-corrected chi connectivity index (χ2v) is 11.4. The molecule has 41 heavy (non-hydrogen) atoms. The molecule has 1 aliphatic rings. The molecule has 0 heterocycles. The Morgan fingerprint density at radius 2 is 1.41 bits per heavy atom. The fraction of sp³-hybridized carbons (Fsp3) is 0.429. The van der Waals surface area contributed by atoms with Gasteiger partial charge in [0.05, 0.1) is 6.04 Å². The summed E-state index contributed by atoms with van der Waals surface area (Å²) in [7, 11) is 4.24. The third kappa shape index (κ3) is 11.0. The number of benzene rings is 3. The van der Waals surface area contributed by atoms with Gasteiger partial charge in [0.25, 0.3) is 0 Å². The Hall–Kier alpha value is -3.64. The van der Waals surface area contributed by atoms with Crippen molar-refractivity contribution in [2.75, 3.05) is 39.0 Å². The van der Waals surface area contributed by atoms with Gasteiger partial charge < -0.3 is 20.4 Å². The first-order valence-corrected chi connectivity index (χ1v) is 15.2. The maximum absolute atomic E-state index is 12.4. The van der Waals surface area contributed by atoms with Crippen LogP contribution in [0.5, 0.6) is 0 Å². The van der Waals surface area contributed by atoms with E-state index in [-0.39, 0.29) is 5.91 Å². The highest BCUT2D eigenvalue weighted by Gasteiger charge is 2.18. The smallest absolute Gasteiger partial charge is 0.220 e. The van der Waals surface area contributed by atoms with E-state index in [9.17, 15) is 4.79 Å². The average molecular weight is 554 g/mol. The minimum Gasteiger partial charge on any atom is -0.356 e. The van der Waals surface area contributed by atoms with E-state index in [2.05, 4.69) is 101 Å². The standard InChI is InChI=1S/C35H47N5O/c1-39(2)26-27-40(28-31-14-8-4-9-15-31)35(37-32-16-10-5-11-17-32)38-33-21-18-30(19-22-33)20-23-34(41)36-25-24-29-12-6-3-7-13-29/h3-4,6-9,12-15,18-19,21-22,32H,5,10-11,16-17,20,23-28H2,1-2H3,(H,36,41)(H,37,38). The van der Waals surface area contributed by atoms with Gasteiger partial charge >= 0.3 is 0 Å². The molecule has 1 aliphatic carbocycles. The Bertz CT molecular complexity index is 1190. The molecule has 0 saturated heterocycles. The van der Waals surface area contributed by atoms with Crippen LogP contribution in [0, 0.1) is 0 Å². The number of amides is 1. The summed E-state index contributed by atoms with van der Waals surface area (Å²) in [6, 6.07) is 29.8. The highest BCUT2D eigenvalue weighted by atomic mass is 16.1. The number of carbonyl (C=O) groups is 1. The maximum atomic E-state index is 12.4. The number of hydrogen-bond acceptors (Lipinski definition) is 3. The Morgan fingerprint density at radius 3 is 2.07 bits per heavy atom. The van der Waals surface area contributed by atoms with Gasteiger partial charge in [0.15, 0.2) is 5.96 Å². The van der Waals surface area contributed by atoms with E-state index in [0.29, 0.717) is 19.0 Å². The first kappa shape index (κ1) is 30.3. The number of guanidine groups is 1. The highest BCUT2D eigenvalue weighted by Crippen LogP contribution is 2.22. The number of anilines is 1. The zero-order valence-electron chi connectivity index (χ0n) is 24.9. The van der Waals surface area contributed by atoms with Crippen molar-refractivity contribution in [3.05, 3.63) is 102 Å². The van der Waals surface area contributed by atoms with Gasteiger partial charge in [-0.1, -0.05) is 92.1 Å². The van der Waals surface area contributed by atoms with Crippen LogP contribution in [0.15, 0.2) is 89.9 Å². The van der Waals surface area contributed by atoms with E-state index in [1.807, 2.05) is 18.2 Å². The Labute approximate surface area is 246 Å². The zero-order chi connectivity index (χ0) is 28.7. The third-order valence-electron chi connectivity index (χ3n) is 7.64. The molecule has 3 aromatic rings. The van der Waals surface area contributed by atoms with Gasteiger partial charge in [-0.05, 0) is 68.6 Å². The minimum atomic E-state index is 0.0995. The first-order valence-electron chi connectivity index (χ1n) is 15.2. The van der Waals surface area contributed by atoms with Crippen molar-refractivity contribution >= 4 is 17.6 Å². The molecular weight excluding hydrogens is 506 g/mol. The zero-order valence-corrected chi connectivity index (χ0v) is 24.9. The topological polar surface area (TPSA) is 60.0 Å². The predicted octanol–water partition coefficient (Wildman–Crippen LogP) is 6.14. The van der Waals surface area contributed by atoms with E-state index in [0.717, 1.165) is 62.5 Å². The molecule has 0 bridgehead atoms. The monoisotopic (exact) mass is 553 g/mol. The molecule has 0 aromatic heterocycles. The van der Waals surface area contributed by atoms with Crippen LogP contribution >= 0.6 is 0 Å². The van der Waals surface area contributed by atoms with E-state index in [1.165, 1.54) is 30.4 Å². The molecule has 6 heteroatoms. The van der Waals surface area contributed by atoms with Crippen LogP contribution in [-0.4, -0.2) is 61.4 Å². The first-order chi connectivity index (χ1) is 20.0. The average Bonchev–Trinajstić information content (AvgIpc) is 3.00. The van der Waals surface area contributed by atoms with E-state index >= 15 is 0 Å². The molecule has 0 radical (unpaired) electrons. The van der Waals surface area contributed by atoms with Gasteiger partial charge in [-0.2, -0.15) is 0 Å². The molecule has 0 spiro atoms. The normalized spacial score (nSPS) is 14.2. The fourth-order valence-electron chi connectivity index (χ4n) is 5.18. The van der Waals surface area contributed by atoms with Crippen molar-refractivity contribution in [1.82, 2.24) is 15.1 Å². The number of likely N-dealkylation sites (N-methyl/N-ethyl adjacent to an activating group) is 1. The van der Waals surface area contributed by atoms with Crippen LogP contribution < -0.4 is 10.6 Å². The largest absolute Gasteiger partial charge is 0.356 e. The van der Waals surface area contributed by atoms with Gasteiger partial charge in [-0.3, -0.25) is 4.79 Å². The molecular formula is C35H47N5O. The van der Waals surface area contributed by atoms with Gasteiger partial charge in [0.2, 0.25) is 5.91 Å². The van der Waals surface area contributed by atoms with Crippen LogP contribution in [0.1, 0.15) is 55.2 Å². The van der Waals surface area contributed by atoms with Crippen molar-refractivity contribution in [2.24, 2.45) is 4.99 Å². The summed E-state index contributed by atoms with van der Waals surface area (Å²) < 4.78 is 0. The Morgan fingerprint density at radius 1 is 0.780 bits per heavy atom. The summed E-state index contributed by atoms with van der Waals surface area (Å²) in [4.78, 5) is 22.3. The number of carbonyl (C=O) groups excluding carboxylic acids is 1. The lowest BCUT2D eigenvalue weighted by molar-refractivity contribution is -0.121. The van der Waals surface area contributed by atoms with Crippen molar-refractivity contribution in [1.29, 1.82) is 0 Å². The summed E-state index contributed by atoms with van der Waals surface area (Å²) in [5.41, 5.74) is 4.71. The van der Waals surface area contributed by atoms with E-state index < -0.39 is 0 Å². The van der Waals surface area contributed by atoms with Crippen molar-refractivity contribution in [3.8, 4) is 0 Å². The molecule has 1 fully saturated rings. The minimum absolute atomic E-state index is 0.0995. The lowest BCUT2D eigenvalue weighted by Crippen LogP contribution is -2.41. The second-order valence-electron chi connectivity index (χ2n) is 11.4. The molecule has 0 unspecified atom stereocenters. The molecule has 1 saturated carbocycles. The molecule has 6 nitrogen and oxygen atoms in total. The van der Waals surface area contributed by atoms with Crippen LogP contribution in [-0.2, 0) is 24.2 Å². The summed E-state index contributed by atoms with van der Waals surface area (Å²) in [6.07, 6.45) is 8.21. The van der Waals surface area contributed by atoms with Gasteiger partial charge in [0.1, 0.15) is 0 Å². The number of rotatable bonds is 13. The summed E-state index contributed by atoms with van der Waals surface area (Å²) in [5, 5.41) is 6.74. The lowest BCUT2D eigenvalue weighted by atomic mass is 9.96. The Balaban J connectivity index is 1.38. The van der Waals surface area contributed by atoms with E-state index in [1.54, 1.807) is 0 Å². The van der Waals surface area contributed by atoms with Gasteiger partial charge in [-0.25, -0.2) is 4.99 Å². The number of nitrogens with zero attached hydrogens (tertiary/aromatic N) is 3. The molecule has 3 aromatic carbocycles. The number of nitrogens with one attached hydrogen (secondary N) is 2. The molecule has 0 atom stereocenters.